The summed E-state index contributed by atoms with van der Waals surface area (Å²) in [7, 11) is 0. The average molecular weight is 262 g/mol. The van der Waals surface area contributed by atoms with E-state index in [2.05, 4.69) is 31.4 Å². The van der Waals surface area contributed by atoms with Gasteiger partial charge in [-0.3, -0.25) is 4.79 Å². The molecule has 0 aliphatic carbocycles. The van der Waals surface area contributed by atoms with Crippen LogP contribution in [0.2, 0.25) is 0 Å². The Bertz CT molecular complexity index is 353. The third-order valence-corrected chi connectivity index (χ3v) is 2.55. The summed E-state index contributed by atoms with van der Waals surface area (Å²) in [6, 6.07) is 0.0971. The average Bonchev–Trinajstić information content (AvgIpc) is 2.13. The van der Waals surface area contributed by atoms with Gasteiger partial charge in [0.2, 0.25) is 0 Å². The van der Waals surface area contributed by atoms with Gasteiger partial charge < -0.3 is 10.4 Å². The fourth-order valence-electron chi connectivity index (χ4n) is 1.02. The summed E-state index contributed by atoms with van der Waals surface area (Å²) < 4.78 is 0.428. The van der Waals surface area contributed by atoms with Gasteiger partial charge >= 0.3 is 0 Å². The molecule has 0 aromatic carbocycles. The lowest BCUT2D eigenvalue weighted by Gasteiger charge is -2.13. The van der Waals surface area contributed by atoms with Gasteiger partial charge in [-0.25, -0.2) is 5.10 Å². The fourth-order valence-corrected chi connectivity index (χ4v) is 1.32. The van der Waals surface area contributed by atoms with Crippen molar-refractivity contribution in [2.45, 2.75) is 19.4 Å². The van der Waals surface area contributed by atoms with E-state index < -0.39 is 0 Å². The number of rotatable bonds is 4. The van der Waals surface area contributed by atoms with Crippen molar-refractivity contribution in [3.8, 4) is 0 Å². The van der Waals surface area contributed by atoms with Crippen molar-refractivity contribution in [2.75, 3.05) is 11.9 Å². The number of halogens is 1. The van der Waals surface area contributed by atoms with Crippen LogP contribution >= 0.6 is 15.9 Å². The number of anilines is 1. The van der Waals surface area contributed by atoms with Crippen LogP contribution in [0.25, 0.3) is 0 Å². The van der Waals surface area contributed by atoms with Gasteiger partial charge in [0.05, 0.1) is 11.9 Å². The molecule has 1 unspecified atom stereocenters. The summed E-state index contributed by atoms with van der Waals surface area (Å²) in [5.74, 6) is 0. The number of nitrogens with zero attached hydrogens (tertiary/aromatic N) is 1. The van der Waals surface area contributed by atoms with Crippen LogP contribution in [-0.4, -0.2) is 28.0 Å². The van der Waals surface area contributed by atoms with Crippen molar-refractivity contribution < 1.29 is 5.11 Å². The molecule has 0 bridgehead atoms. The molecule has 1 aromatic heterocycles. The lowest BCUT2D eigenvalue weighted by Crippen LogP contribution is -2.20. The Morgan fingerprint density at radius 3 is 3.14 bits per heavy atom. The molecule has 6 heteroatoms. The van der Waals surface area contributed by atoms with Crippen LogP contribution in [0.3, 0.4) is 0 Å². The minimum Gasteiger partial charge on any atom is -0.396 e. The number of aromatic amines is 1. The van der Waals surface area contributed by atoms with Gasteiger partial charge in [0, 0.05) is 12.6 Å². The third-order valence-electron chi connectivity index (χ3n) is 1.76. The number of aliphatic hydroxyl groups is 1. The maximum absolute atomic E-state index is 11.1. The predicted octanol–water partition coefficient (Wildman–Crippen LogP) is 0.715. The molecule has 1 atom stereocenters. The van der Waals surface area contributed by atoms with Crippen molar-refractivity contribution in [1.29, 1.82) is 0 Å². The summed E-state index contributed by atoms with van der Waals surface area (Å²) >= 11 is 3.15. The van der Waals surface area contributed by atoms with E-state index in [0.717, 1.165) is 0 Å². The second kappa shape index (κ2) is 5.11. The molecule has 0 saturated heterocycles. The first-order chi connectivity index (χ1) is 6.65. The van der Waals surface area contributed by atoms with Crippen molar-refractivity contribution in [2.24, 2.45) is 0 Å². The van der Waals surface area contributed by atoms with Crippen LogP contribution in [0.15, 0.2) is 15.5 Å². The van der Waals surface area contributed by atoms with Crippen LogP contribution in [-0.2, 0) is 0 Å². The van der Waals surface area contributed by atoms with Gasteiger partial charge in [0.25, 0.3) is 5.56 Å². The van der Waals surface area contributed by atoms with E-state index in [1.54, 1.807) is 0 Å². The Balaban J connectivity index is 2.76. The number of aromatic nitrogens is 2. The number of H-pyrrole nitrogens is 1. The first-order valence-electron chi connectivity index (χ1n) is 4.25. The molecule has 1 heterocycles. The standard InChI is InChI=1S/C8H12BrN3O2/c1-5(2-3-13)11-6-4-10-12-8(14)7(6)9/h4-5,13H,2-3H2,1H3,(H2,11,12,14). The fraction of sp³-hybridized carbons (Fsp3) is 0.500. The first-order valence-corrected chi connectivity index (χ1v) is 5.05. The summed E-state index contributed by atoms with van der Waals surface area (Å²) in [6.07, 6.45) is 2.15. The van der Waals surface area contributed by atoms with Crippen molar-refractivity contribution in [3.63, 3.8) is 0 Å². The zero-order valence-electron chi connectivity index (χ0n) is 7.75. The second-order valence-electron chi connectivity index (χ2n) is 2.98. The van der Waals surface area contributed by atoms with E-state index in [1.807, 2.05) is 6.92 Å². The zero-order valence-corrected chi connectivity index (χ0v) is 9.34. The van der Waals surface area contributed by atoms with Gasteiger partial charge in [-0.1, -0.05) is 0 Å². The van der Waals surface area contributed by atoms with E-state index in [-0.39, 0.29) is 18.2 Å². The van der Waals surface area contributed by atoms with E-state index in [9.17, 15) is 4.79 Å². The van der Waals surface area contributed by atoms with Crippen molar-refractivity contribution in [3.05, 3.63) is 21.0 Å². The lowest BCUT2D eigenvalue weighted by atomic mass is 10.2. The molecule has 0 aliphatic heterocycles. The Morgan fingerprint density at radius 1 is 1.79 bits per heavy atom. The van der Waals surface area contributed by atoms with Crippen LogP contribution < -0.4 is 10.9 Å². The molecule has 0 radical (unpaired) electrons. The lowest BCUT2D eigenvalue weighted by molar-refractivity contribution is 0.282. The molecular formula is C8H12BrN3O2. The minimum atomic E-state index is -0.272. The number of nitrogens with one attached hydrogen (secondary N) is 2. The van der Waals surface area contributed by atoms with E-state index in [1.165, 1.54) is 6.20 Å². The van der Waals surface area contributed by atoms with Gasteiger partial charge in [-0.2, -0.15) is 5.10 Å². The Hall–Kier alpha value is -0.880. The van der Waals surface area contributed by atoms with Gasteiger partial charge in [0.1, 0.15) is 4.47 Å². The highest BCUT2D eigenvalue weighted by atomic mass is 79.9. The van der Waals surface area contributed by atoms with Gasteiger partial charge in [0.15, 0.2) is 0 Å². The Morgan fingerprint density at radius 2 is 2.50 bits per heavy atom. The largest absolute Gasteiger partial charge is 0.396 e. The van der Waals surface area contributed by atoms with Crippen LogP contribution in [0.1, 0.15) is 13.3 Å². The predicted molar refractivity (Wildman–Crippen MR) is 57.3 cm³/mol. The summed E-state index contributed by atoms with van der Waals surface area (Å²) in [6.45, 7) is 2.03. The van der Waals surface area contributed by atoms with E-state index in [0.29, 0.717) is 16.6 Å². The summed E-state index contributed by atoms with van der Waals surface area (Å²) in [5.41, 5.74) is 0.362. The Kier molecular flexibility index (Phi) is 4.09. The molecule has 14 heavy (non-hydrogen) atoms. The molecule has 5 nitrogen and oxygen atoms in total. The highest BCUT2D eigenvalue weighted by Gasteiger charge is 2.07. The monoisotopic (exact) mass is 261 g/mol. The molecule has 0 aliphatic rings. The van der Waals surface area contributed by atoms with Crippen LogP contribution in [0.5, 0.6) is 0 Å². The molecule has 0 spiro atoms. The Labute approximate surface area is 89.7 Å². The number of hydrogen-bond acceptors (Lipinski definition) is 4. The highest BCUT2D eigenvalue weighted by molar-refractivity contribution is 9.10. The summed E-state index contributed by atoms with van der Waals surface area (Å²) in [5, 5.41) is 17.7. The van der Waals surface area contributed by atoms with Gasteiger partial charge in [-0.15, -0.1) is 0 Å². The smallest absolute Gasteiger partial charge is 0.280 e. The van der Waals surface area contributed by atoms with Crippen molar-refractivity contribution in [1.82, 2.24) is 10.2 Å². The molecule has 0 saturated carbocycles. The summed E-state index contributed by atoms with van der Waals surface area (Å²) in [4.78, 5) is 11.1. The molecule has 1 rings (SSSR count). The molecule has 78 valence electrons. The maximum atomic E-state index is 11.1. The highest BCUT2D eigenvalue weighted by Crippen LogP contribution is 2.16. The SMILES string of the molecule is CC(CCO)Nc1cn[nH]c(=O)c1Br. The minimum absolute atomic E-state index is 0.0971. The molecule has 3 N–H and O–H groups in total. The maximum Gasteiger partial charge on any atom is 0.280 e. The zero-order chi connectivity index (χ0) is 10.6. The molecule has 0 fully saturated rings. The molecule has 1 aromatic rings. The van der Waals surface area contributed by atoms with E-state index >= 15 is 0 Å². The van der Waals surface area contributed by atoms with E-state index in [4.69, 9.17) is 5.11 Å². The third kappa shape index (κ3) is 2.81. The van der Waals surface area contributed by atoms with Crippen LogP contribution in [0, 0.1) is 0 Å². The quantitative estimate of drug-likeness (QED) is 0.747. The second-order valence-corrected chi connectivity index (χ2v) is 3.78. The first kappa shape index (κ1) is 11.2. The van der Waals surface area contributed by atoms with Crippen molar-refractivity contribution >= 4 is 21.6 Å². The molecular weight excluding hydrogens is 250 g/mol. The van der Waals surface area contributed by atoms with Crippen LogP contribution in [0.4, 0.5) is 5.69 Å². The molecule has 0 amide bonds. The van der Waals surface area contributed by atoms with Gasteiger partial charge in [-0.05, 0) is 29.3 Å². The number of hydrogen-bond donors (Lipinski definition) is 3. The normalized spacial score (nSPS) is 12.5. The topological polar surface area (TPSA) is 78.0 Å². The number of aliphatic hydroxyl groups excluding tert-OH is 1.